The number of carbonyl (C=O) groups is 1. The Bertz CT molecular complexity index is 742. The fraction of sp³-hybridized carbons (Fsp3) is 0.381. The van der Waals surface area contributed by atoms with Crippen LogP contribution in [0, 0.1) is 12.7 Å². The number of aryl methyl sites for hydroxylation is 1. The number of piperazine rings is 1. The molecule has 26 heavy (non-hydrogen) atoms. The molecule has 1 heterocycles. The first-order chi connectivity index (χ1) is 12.6. The minimum Gasteiger partial charge on any atom is -0.369 e. The summed E-state index contributed by atoms with van der Waals surface area (Å²) in [5.41, 5.74) is 3.15. The van der Waals surface area contributed by atoms with Gasteiger partial charge in [0, 0.05) is 38.4 Å². The van der Waals surface area contributed by atoms with E-state index in [1.54, 1.807) is 12.1 Å². The zero-order valence-corrected chi connectivity index (χ0v) is 15.2. The summed E-state index contributed by atoms with van der Waals surface area (Å²) in [5, 5.41) is 2.90. The van der Waals surface area contributed by atoms with Crippen molar-refractivity contribution in [2.45, 2.75) is 13.3 Å². The van der Waals surface area contributed by atoms with Gasteiger partial charge in [-0.1, -0.05) is 30.3 Å². The molecule has 2 aromatic rings. The number of nitrogens with zero attached hydrogens (tertiary/aromatic N) is 2. The number of hydrogen-bond acceptors (Lipinski definition) is 3. The van der Waals surface area contributed by atoms with Crippen molar-refractivity contribution >= 4 is 11.6 Å². The minimum atomic E-state index is -0.214. The van der Waals surface area contributed by atoms with Crippen LogP contribution in [0.3, 0.4) is 0 Å². The molecule has 1 aliphatic rings. The largest absolute Gasteiger partial charge is 0.369 e. The quantitative estimate of drug-likeness (QED) is 0.865. The molecule has 2 aromatic carbocycles. The van der Waals surface area contributed by atoms with Crippen LogP contribution in [-0.4, -0.2) is 50.1 Å². The van der Waals surface area contributed by atoms with Crippen molar-refractivity contribution in [3.8, 4) is 0 Å². The highest BCUT2D eigenvalue weighted by Crippen LogP contribution is 2.17. The highest BCUT2D eigenvalue weighted by Gasteiger charge is 2.19. The molecule has 1 aliphatic heterocycles. The van der Waals surface area contributed by atoms with E-state index in [9.17, 15) is 9.18 Å². The van der Waals surface area contributed by atoms with Crippen LogP contribution >= 0.6 is 0 Å². The lowest BCUT2D eigenvalue weighted by molar-refractivity contribution is -0.122. The minimum absolute atomic E-state index is 0.00495. The lowest BCUT2D eigenvalue weighted by Gasteiger charge is -2.35. The third-order valence-electron chi connectivity index (χ3n) is 4.78. The molecule has 0 saturated carbocycles. The Morgan fingerprint density at radius 3 is 2.58 bits per heavy atom. The van der Waals surface area contributed by atoms with Crippen molar-refractivity contribution in [2.75, 3.05) is 44.2 Å². The number of amides is 1. The Balaban J connectivity index is 1.39. The molecule has 1 saturated heterocycles. The zero-order valence-electron chi connectivity index (χ0n) is 15.2. The summed E-state index contributed by atoms with van der Waals surface area (Å²) in [6.07, 6.45) is 0.513. The monoisotopic (exact) mass is 355 g/mol. The van der Waals surface area contributed by atoms with Crippen LogP contribution in [0.4, 0.5) is 10.1 Å². The topological polar surface area (TPSA) is 35.6 Å². The van der Waals surface area contributed by atoms with E-state index in [1.165, 1.54) is 17.3 Å². The molecule has 1 amide bonds. The normalized spacial score (nSPS) is 15.1. The number of nitrogens with one attached hydrogen (secondary N) is 1. The molecule has 0 aromatic heterocycles. The van der Waals surface area contributed by atoms with Gasteiger partial charge in [-0.2, -0.15) is 0 Å². The maximum atomic E-state index is 13.6. The van der Waals surface area contributed by atoms with E-state index in [1.807, 2.05) is 6.07 Å². The van der Waals surface area contributed by atoms with Crippen LogP contribution in [0.15, 0.2) is 48.5 Å². The second-order valence-electron chi connectivity index (χ2n) is 6.79. The van der Waals surface area contributed by atoms with Gasteiger partial charge in [0.05, 0.1) is 6.54 Å². The summed E-state index contributed by atoms with van der Waals surface area (Å²) >= 11 is 0. The van der Waals surface area contributed by atoms with Gasteiger partial charge in [0.1, 0.15) is 5.82 Å². The van der Waals surface area contributed by atoms with Crippen LogP contribution in [0.25, 0.3) is 0 Å². The lowest BCUT2D eigenvalue weighted by atomic mass is 10.1. The van der Waals surface area contributed by atoms with Crippen molar-refractivity contribution in [3.05, 3.63) is 65.5 Å². The zero-order chi connectivity index (χ0) is 18.4. The van der Waals surface area contributed by atoms with Gasteiger partial charge in [-0.25, -0.2) is 4.39 Å². The molecule has 1 fully saturated rings. The standard InChI is InChI=1S/C21H26FN3O/c1-17-5-4-7-19(15-17)25-13-11-24(12-14-25)16-21(26)23-10-9-18-6-2-3-8-20(18)22/h2-8,15H,9-14,16H2,1H3,(H,23,26). The van der Waals surface area contributed by atoms with Crippen LogP contribution in [0.5, 0.6) is 0 Å². The SMILES string of the molecule is Cc1cccc(N2CCN(CC(=O)NCCc3ccccc3F)CC2)c1. The van der Waals surface area contributed by atoms with Gasteiger partial charge in [0.2, 0.25) is 5.91 Å². The van der Waals surface area contributed by atoms with Gasteiger partial charge >= 0.3 is 0 Å². The molecule has 138 valence electrons. The maximum Gasteiger partial charge on any atom is 0.234 e. The second kappa shape index (κ2) is 8.81. The summed E-state index contributed by atoms with van der Waals surface area (Å²) < 4.78 is 13.6. The van der Waals surface area contributed by atoms with Gasteiger partial charge in [0.15, 0.2) is 0 Å². The highest BCUT2D eigenvalue weighted by molar-refractivity contribution is 5.78. The summed E-state index contributed by atoms with van der Waals surface area (Å²) in [6.45, 7) is 6.55. The van der Waals surface area contributed by atoms with E-state index >= 15 is 0 Å². The predicted molar refractivity (Wildman–Crippen MR) is 103 cm³/mol. The molecule has 3 rings (SSSR count). The van der Waals surface area contributed by atoms with Crippen LogP contribution in [0.2, 0.25) is 0 Å². The van der Waals surface area contributed by atoms with Crippen molar-refractivity contribution in [3.63, 3.8) is 0 Å². The maximum absolute atomic E-state index is 13.6. The van der Waals surface area contributed by atoms with Gasteiger partial charge in [-0.05, 0) is 42.7 Å². The molecular weight excluding hydrogens is 329 g/mol. The van der Waals surface area contributed by atoms with E-state index in [0.29, 0.717) is 25.1 Å². The van der Waals surface area contributed by atoms with Crippen molar-refractivity contribution in [2.24, 2.45) is 0 Å². The molecule has 1 N–H and O–H groups in total. The molecule has 0 unspecified atom stereocenters. The third-order valence-corrected chi connectivity index (χ3v) is 4.78. The Morgan fingerprint density at radius 1 is 1.08 bits per heavy atom. The van der Waals surface area contributed by atoms with Crippen molar-refractivity contribution in [1.82, 2.24) is 10.2 Å². The van der Waals surface area contributed by atoms with E-state index in [2.05, 4.69) is 46.3 Å². The molecule has 0 atom stereocenters. The number of carbonyl (C=O) groups excluding carboxylic acids is 1. The number of benzene rings is 2. The van der Waals surface area contributed by atoms with E-state index in [0.717, 1.165) is 26.2 Å². The average Bonchev–Trinajstić information content (AvgIpc) is 2.64. The van der Waals surface area contributed by atoms with Gasteiger partial charge in [-0.3, -0.25) is 9.69 Å². The number of rotatable bonds is 6. The highest BCUT2D eigenvalue weighted by atomic mass is 19.1. The molecule has 4 nitrogen and oxygen atoms in total. The summed E-state index contributed by atoms with van der Waals surface area (Å²) in [4.78, 5) is 16.7. The number of halogens is 1. The molecular formula is C21H26FN3O. The number of hydrogen-bond donors (Lipinski definition) is 1. The van der Waals surface area contributed by atoms with Gasteiger partial charge < -0.3 is 10.2 Å². The van der Waals surface area contributed by atoms with E-state index < -0.39 is 0 Å². The smallest absolute Gasteiger partial charge is 0.234 e. The first kappa shape index (κ1) is 18.4. The molecule has 0 bridgehead atoms. The first-order valence-corrected chi connectivity index (χ1v) is 9.16. The fourth-order valence-corrected chi connectivity index (χ4v) is 3.29. The Morgan fingerprint density at radius 2 is 1.85 bits per heavy atom. The molecule has 0 aliphatic carbocycles. The Hall–Kier alpha value is -2.40. The van der Waals surface area contributed by atoms with E-state index in [-0.39, 0.29) is 11.7 Å². The Labute approximate surface area is 154 Å². The fourth-order valence-electron chi connectivity index (χ4n) is 3.29. The predicted octanol–water partition coefficient (Wildman–Crippen LogP) is 2.62. The van der Waals surface area contributed by atoms with Gasteiger partial charge in [0.25, 0.3) is 0 Å². The third kappa shape index (κ3) is 5.05. The molecule has 5 heteroatoms. The van der Waals surface area contributed by atoms with Gasteiger partial charge in [-0.15, -0.1) is 0 Å². The molecule has 0 spiro atoms. The van der Waals surface area contributed by atoms with Crippen molar-refractivity contribution < 1.29 is 9.18 Å². The van der Waals surface area contributed by atoms with Crippen LogP contribution in [-0.2, 0) is 11.2 Å². The average molecular weight is 355 g/mol. The summed E-state index contributed by atoms with van der Waals surface area (Å²) in [7, 11) is 0. The first-order valence-electron chi connectivity index (χ1n) is 9.16. The number of anilines is 1. The molecule has 0 radical (unpaired) electrons. The lowest BCUT2D eigenvalue weighted by Crippen LogP contribution is -2.49. The second-order valence-corrected chi connectivity index (χ2v) is 6.79. The van der Waals surface area contributed by atoms with Crippen molar-refractivity contribution in [1.29, 1.82) is 0 Å². The summed E-state index contributed by atoms with van der Waals surface area (Å²) in [6, 6.07) is 15.2. The van der Waals surface area contributed by atoms with E-state index in [4.69, 9.17) is 0 Å². The van der Waals surface area contributed by atoms with Crippen LogP contribution in [0.1, 0.15) is 11.1 Å². The van der Waals surface area contributed by atoms with Crippen LogP contribution < -0.4 is 10.2 Å². The Kier molecular flexibility index (Phi) is 6.23. The summed E-state index contributed by atoms with van der Waals surface area (Å²) in [5.74, 6) is -0.209.